The molecule has 1 aromatic rings. The van der Waals surface area contributed by atoms with Crippen LogP contribution in [-0.4, -0.2) is 22.7 Å². The highest BCUT2D eigenvalue weighted by molar-refractivity contribution is 5.85. The lowest BCUT2D eigenvalue weighted by Crippen LogP contribution is -2.04. The predicted octanol–water partition coefficient (Wildman–Crippen LogP) is 2.41. The summed E-state index contributed by atoms with van der Waals surface area (Å²) in [4.78, 5) is 14.3. The topological polar surface area (TPSA) is 72.6 Å². The first-order valence-electron chi connectivity index (χ1n) is 5.14. The quantitative estimate of drug-likeness (QED) is 0.887. The van der Waals surface area contributed by atoms with Gasteiger partial charge in [0.05, 0.1) is 0 Å². The molecule has 2 rings (SSSR count). The Balaban J connectivity index is 2.36. The second-order valence-corrected chi connectivity index (χ2v) is 3.93. The van der Waals surface area contributed by atoms with Gasteiger partial charge in [-0.25, -0.2) is 18.6 Å². The number of oxazole rings is 1. The van der Waals surface area contributed by atoms with Crippen molar-refractivity contribution in [3.8, 4) is 0 Å². The minimum atomic E-state index is -2.98. The van der Waals surface area contributed by atoms with E-state index in [-0.39, 0.29) is 11.8 Å². The van der Waals surface area contributed by atoms with Crippen molar-refractivity contribution in [3.05, 3.63) is 17.3 Å². The fraction of sp³-hybridized carbons (Fsp3) is 0.600. The fourth-order valence-corrected chi connectivity index (χ4v) is 1.78. The fourth-order valence-electron chi connectivity index (χ4n) is 1.78. The number of aromatic carboxylic acids is 1. The van der Waals surface area contributed by atoms with E-state index in [1.807, 2.05) is 6.92 Å². The predicted molar refractivity (Wildman–Crippen MR) is 50.9 cm³/mol. The van der Waals surface area contributed by atoms with Crippen molar-refractivity contribution in [1.29, 1.82) is 0 Å². The molecular weight excluding hydrogens is 236 g/mol. The molecule has 1 aliphatic rings. The molecule has 0 saturated carbocycles. The van der Waals surface area contributed by atoms with E-state index in [9.17, 15) is 13.6 Å². The average molecular weight is 247 g/mol. The molecule has 2 heterocycles. The van der Waals surface area contributed by atoms with Gasteiger partial charge in [0.1, 0.15) is 6.10 Å². The van der Waals surface area contributed by atoms with Crippen LogP contribution in [0.15, 0.2) is 4.42 Å². The number of carbonyl (C=O) groups is 1. The van der Waals surface area contributed by atoms with Crippen LogP contribution in [0.4, 0.5) is 8.78 Å². The van der Waals surface area contributed by atoms with Gasteiger partial charge in [-0.1, -0.05) is 6.92 Å². The molecule has 17 heavy (non-hydrogen) atoms. The van der Waals surface area contributed by atoms with Gasteiger partial charge in [0.15, 0.2) is 5.69 Å². The number of carboxylic acids is 1. The summed E-state index contributed by atoms with van der Waals surface area (Å²) in [6.45, 7) is 2.35. The summed E-state index contributed by atoms with van der Waals surface area (Å²) in [6, 6.07) is 0. The van der Waals surface area contributed by atoms with Crippen molar-refractivity contribution in [2.45, 2.75) is 25.9 Å². The molecule has 0 bridgehead atoms. The van der Waals surface area contributed by atoms with Gasteiger partial charge in [-0.3, -0.25) is 0 Å². The largest absolute Gasteiger partial charge is 0.475 e. The zero-order chi connectivity index (χ0) is 12.6. The second-order valence-electron chi connectivity index (χ2n) is 3.93. The van der Waals surface area contributed by atoms with E-state index in [4.69, 9.17) is 14.3 Å². The van der Waals surface area contributed by atoms with Crippen molar-refractivity contribution in [2.75, 3.05) is 6.61 Å². The number of aromatic nitrogens is 1. The van der Waals surface area contributed by atoms with Crippen LogP contribution in [0.1, 0.15) is 48.0 Å². The van der Waals surface area contributed by atoms with E-state index in [1.54, 1.807) is 0 Å². The molecule has 1 N–H and O–H groups in total. The van der Waals surface area contributed by atoms with Crippen LogP contribution in [-0.2, 0) is 4.74 Å². The monoisotopic (exact) mass is 247 g/mol. The number of nitrogens with zero attached hydrogens (tertiary/aromatic N) is 1. The van der Waals surface area contributed by atoms with Crippen LogP contribution in [0.25, 0.3) is 0 Å². The Morgan fingerprint density at radius 3 is 2.71 bits per heavy atom. The Bertz CT molecular complexity index is 432. The lowest BCUT2D eigenvalue weighted by atomic mass is 10.0. The zero-order valence-electron chi connectivity index (χ0n) is 9.02. The lowest BCUT2D eigenvalue weighted by Gasteiger charge is -2.09. The van der Waals surface area contributed by atoms with Crippen LogP contribution in [0.5, 0.6) is 0 Å². The number of carboxylic acid groups (broad SMARTS) is 1. The van der Waals surface area contributed by atoms with Gasteiger partial charge in [-0.15, -0.1) is 0 Å². The van der Waals surface area contributed by atoms with Crippen LogP contribution in [0.3, 0.4) is 0 Å². The van der Waals surface area contributed by atoms with Gasteiger partial charge >= 0.3 is 5.97 Å². The van der Waals surface area contributed by atoms with Gasteiger partial charge in [0, 0.05) is 6.61 Å². The SMILES string of the molecule is CC1CCOC1c1nc(C(F)F)c(C(=O)O)o1. The standard InChI is InChI=1S/C10H11F2NO4/c1-4-2-3-16-6(4)9-13-5(8(11)12)7(17-9)10(14)15/h4,6,8H,2-3H2,1H3,(H,14,15). The molecule has 1 saturated heterocycles. The van der Waals surface area contributed by atoms with Crippen LogP contribution in [0.2, 0.25) is 0 Å². The van der Waals surface area contributed by atoms with Crippen molar-refractivity contribution in [3.63, 3.8) is 0 Å². The van der Waals surface area contributed by atoms with Crippen molar-refractivity contribution >= 4 is 5.97 Å². The molecule has 1 aliphatic heterocycles. The number of hydrogen-bond acceptors (Lipinski definition) is 4. The summed E-state index contributed by atoms with van der Waals surface area (Å²) in [5, 5.41) is 8.73. The summed E-state index contributed by atoms with van der Waals surface area (Å²) >= 11 is 0. The molecule has 1 aromatic heterocycles. The summed E-state index contributed by atoms with van der Waals surface area (Å²) in [5.41, 5.74) is -0.838. The molecule has 94 valence electrons. The number of rotatable bonds is 3. The third-order valence-corrected chi connectivity index (χ3v) is 2.70. The first-order chi connectivity index (χ1) is 8.00. The van der Waals surface area contributed by atoms with E-state index in [0.29, 0.717) is 6.61 Å². The Morgan fingerprint density at radius 2 is 2.29 bits per heavy atom. The smallest absolute Gasteiger partial charge is 0.374 e. The minimum Gasteiger partial charge on any atom is -0.475 e. The van der Waals surface area contributed by atoms with Crippen molar-refractivity contribution < 1.29 is 27.8 Å². The Labute approximate surface area is 95.4 Å². The first kappa shape index (κ1) is 12.0. The third kappa shape index (κ3) is 2.14. The molecule has 1 fully saturated rings. The molecule has 0 aromatic carbocycles. The maximum Gasteiger partial charge on any atom is 0.374 e. The van der Waals surface area contributed by atoms with Crippen molar-refractivity contribution in [2.24, 2.45) is 5.92 Å². The summed E-state index contributed by atoms with van der Waals surface area (Å²) in [7, 11) is 0. The third-order valence-electron chi connectivity index (χ3n) is 2.70. The molecule has 2 atom stereocenters. The summed E-state index contributed by atoms with van der Waals surface area (Å²) in [5.74, 6) is -2.37. The normalized spacial score (nSPS) is 24.5. The summed E-state index contributed by atoms with van der Waals surface area (Å²) in [6.07, 6.45) is -2.75. The van der Waals surface area contributed by atoms with Gasteiger partial charge in [0.2, 0.25) is 11.7 Å². The minimum absolute atomic E-state index is 0.0702. The highest BCUT2D eigenvalue weighted by Crippen LogP contribution is 2.35. The average Bonchev–Trinajstić information content (AvgIpc) is 2.82. The second kappa shape index (κ2) is 4.40. The zero-order valence-corrected chi connectivity index (χ0v) is 9.02. The van der Waals surface area contributed by atoms with Crippen LogP contribution in [0, 0.1) is 5.92 Å². The summed E-state index contributed by atoms with van der Waals surface area (Å²) < 4.78 is 35.3. The van der Waals surface area contributed by atoms with Gasteiger partial charge in [-0.05, 0) is 12.3 Å². The highest BCUT2D eigenvalue weighted by atomic mass is 19.3. The van der Waals surface area contributed by atoms with E-state index >= 15 is 0 Å². The maximum absolute atomic E-state index is 12.6. The Morgan fingerprint density at radius 1 is 1.59 bits per heavy atom. The molecule has 2 unspecified atom stereocenters. The first-order valence-corrected chi connectivity index (χ1v) is 5.14. The van der Waals surface area contributed by atoms with Gasteiger partial charge < -0.3 is 14.3 Å². The maximum atomic E-state index is 12.6. The van der Waals surface area contributed by atoms with Crippen molar-refractivity contribution in [1.82, 2.24) is 4.98 Å². The molecule has 7 heteroatoms. The molecule has 0 spiro atoms. The van der Waals surface area contributed by atoms with E-state index in [0.717, 1.165) is 6.42 Å². The molecular formula is C10H11F2NO4. The number of hydrogen-bond donors (Lipinski definition) is 1. The number of alkyl halides is 2. The van der Waals surface area contributed by atoms with E-state index in [2.05, 4.69) is 4.98 Å². The number of halogens is 2. The highest BCUT2D eigenvalue weighted by Gasteiger charge is 2.34. The van der Waals surface area contributed by atoms with Gasteiger partial charge in [0.25, 0.3) is 6.43 Å². The lowest BCUT2D eigenvalue weighted by molar-refractivity contribution is 0.0589. The van der Waals surface area contributed by atoms with E-state index in [1.165, 1.54) is 0 Å². The molecule has 0 aliphatic carbocycles. The molecule has 5 nitrogen and oxygen atoms in total. The van der Waals surface area contributed by atoms with Gasteiger partial charge in [-0.2, -0.15) is 0 Å². The Kier molecular flexibility index (Phi) is 3.10. The number of ether oxygens (including phenoxy) is 1. The van der Waals surface area contributed by atoms with E-state index < -0.39 is 30.0 Å². The molecule has 0 radical (unpaired) electrons. The van der Waals surface area contributed by atoms with Crippen LogP contribution >= 0.6 is 0 Å². The molecule has 0 amide bonds. The Hall–Kier alpha value is -1.50. The van der Waals surface area contributed by atoms with Crippen LogP contribution < -0.4 is 0 Å².